The van der Waals surface area contributed by atoms with E-state index in [-0.39, 0.29) is 0 Å². The molecule has 1 aromatic carbocycles. The molecule has 1 spiro atoms. The highest BCUT2D eigenvalue weighted by molar-refractivity contribution is 6.31. The molecule has 2 atom stereocenters. The Balaban J connectivity index is 1.62. The molecule has 2 saturated heterocycles. The van der Waals surface area contributed by atoms with Crippen molar-refractivity contribution in [3.63, 3.8) is 0 Å². The number of β-amino-alcohol motifs (C(OH)–C–C–N with tert-alkyl or cyclic N) is 1. The van der Waals surface area contributed by atoms with Crippen LogP contribution in [0.25, 0.3) is 0 Å². The molecule has 0 saturated carbocycles. The van der Waals surface area contributed by atoms with Gasteiger partial charge in [-0.3, -0.25) is 4.90 Å². The van der Waals surface area contributed by atoms with Crippen molar-refractivity contribution in [2.24, 2.45) is 5.41 Å². The number of likely N-dealkylation sites (tertiary alicyclic amines) is 1. The van der Waals surface area contributed by atoms with Crippen LogP contribution in [0, 0.1) is 5.41 Å². The van der Waals surface area contributed by atoms with Crippen LogP contribution in [-0.2, 0) is 4.74 Å². The van der Waals surface area contributed by atoms with Gasteiger partial charge >= 0.3 is 0 Å². The minimum atomic E-state index is -0.508. The van der Waals surface area contributed by atoms with Gasteiger partial charge < -0.3 is 9.84 Å². The maximum absolute atomic E-state index is 10.3. The van der Waals surface area contributed by atoms with Gasteiger partial charge in [-0.1, -0.05) is 29.8 Å². The van der Waals surface area contributed by atoms with Gasteiger partial charge in [-0.05, 0) is 25.5 Å². The largest absolute Gasteiger partial charge is 0.387 e. The van der Waals surface area contributed by atoms with E-state index in [1.807, 2.05) is 24.3 Å². The first-order chi connectivity index (χ1) is 9.19. The summed E-state index contributed by atoms with van der Waals surface area (Å²) >= 11 is 6.13. The Morgan fingerprint density at radius 3 is 2.95 bits per heavy atom. The summed E-state index contributed by atoms with van der Waals surface area (Å²) in [6.45, 7) is 4.51. The number of hydrogen-bond acceptors (Lipinski definition) is 3. The molecule has 2 unspecified atom stereocenters. The highest BCUT2D eigenvalue weighted by atomic mass is 35.5. The number of nitrogens with zero attached hydrogens (tertiary/aromatic N) is 1. The van der Waals surface area contributed by atoms with Crippen LogP contribution in [0.3, 0.4) is 0 Å². The van der Waals surface area contributed by atoms with Gasteiger partial charge in [0.05, 0.1) is 12.7 Å². The number of aliphatic hydroxyl groups is 1. The van der Waals surface area contributed by atoms with Gasteiger partial charge in [0.1, 0.15) is 0 Å². The Morgan fingerprint density at radius 2 is 2.21 bits per heavy atom. The van der Waals surface area contributed by atoms with E-state index in [0.29, 0.717) is 17.0 Å². The van der Waals surface area contributed by atoms with Crippen molar-refractivity contribution in [1.82, 2.24) is 4.90 Å². The fourth-order valence-electron chi connectivity index (χ4n) is 3.24. The second kappa shape index (κ2) is 5.41. The molecule has 19 heavy (non-hydrogen) atoms. The van der Waals surface area contributed by atoms with Gasteiger partial charge in [-0.15, -0.1) is 0 Å². The van der Waals surface area contributed by atoms with E-state index < -0.39 is 6.10 Å². The number of rotatable bonds is 3. The molecule has 0 radical (unpaired) electrons. The standard InChI is InChI=1S/C15H20ClNO2/c16-13-4-2-1-3-12(13)14(18)9-17-7-5-15(10-17)6-8-19-11-15/h1-4,14,18H,5-11H2. The predicted octanol–water partition coefficient (Wildman–Crippen LogP) is 2.49. The summed E-state index contributed by atoms with van der Waals surface area (Å²) in [5.74, 6) is 0. The van der Waals surface area contributed by atoms with Gasteiger partial charge in [0.2, 0.25) is 0 Å². The summed E-state index contributed by atoms with van der Waals surface area (Å²) in [5.41, 5.74) is 1.17. The van der Waals surface area contributed by atoms with Crippen LogP contribution < -0.4 is 0 Å². The van der Waals surface area contributed by atoms with Crippen molar-refractivity contribution in [2.45, 2.75) is 18.9 Å². The van der Waals surface area contributed by atoms with Crippen LogP contribution in [-0.4, -0.2) is 42.9 Å². The highest BCUT2D eigenvalue weighted by Crippen LogP contribution is 2.38. The summed E-state index contributed by atoms with van der Waals surface area (Å²) in [7, 11) is 0. The third kappa shape index (κ3) is 2.79. The average molecular weight is 282 g/mol. The van der Waals surface area contributed by atoms with Crippen molar-refractivity contribution in [3.8, 4) is 0 Å². The molecule has 3 rings (SSSR count). The Hall–Kier alpha value is -0.610. The molecule has 1 aromatic rings. The first-order valence-corrected chi connectivity index (χ1v) is 7.29. The zero-order valence-corrected chi connectivity index (χ0v) is 11.8. The molecule has 0 aliphatic carbocycles. The third-order valence-corrected chi connectivity index (χ3v) is 4.74. The molecule has 2 aliphatic heterocycles. The van der Waals surface area contributed by atoms with Crippen LogP contribution in [0.15, 0.2) is 24.3 Å². The van der Waals surface area contributed by atoms with Gasteiger partial charge in [0, 0.05) is 35.7 Å². The number of aliphatic hydroxyl groups excluding tert-OH is 1. The van der Waals surface area contributed by atoms with E-state index in [2.05, 4.69) is 4.90 Å². The lowest BCUT2D eigenvalue weighted by Crippen LogP contribution is -2.30. The van der Waals surface area contributed by atoms with Gasteiger partial charge in [-0.25, -0.2) is 0 Å². The lowest BCUT2D eigenvalue weighted by atomic mass is 9.87. The summed E-state index contributed by atoms with van der Waals surface area (Å²) in [6.07, 6.45) is 1.83. The van der Waals surface area contributed by atoms with E-state index >= 15 is 0 Å². The molecule has 3 nitrogen and oxygen atoms in total. The van der Waals surface area contributed by atoms with Crippen molar-refractivity contribution in [2.75, 3.05) is 32.8 Å². The highest BCUT2D eigenvalue weighted by Gasteiger charge is 2.41. The van der Waals surface area contributed by atoms with Crippen LogP contribution >= 0.6 is 11.6 Å². The Labute approximate surface area is 119 Å². The van der Waals surface area contributed by atoms with Crippen molar-refractivity contribution in [1.29, 1.82) is 0 Å². The topological polar surface area (TPSA) is 32.7 Å². The molecule has 2 heterocycles. The minimum Gasteiger partial charge on any atom is -0.387 e. The van der Waals surface area contributed by atoms with E-state index in [1.165, 1.54) is 6.42 Å². The lowest BCUT2D eigenvalue weighted by Gasteiger charge is -2.24. The van der Waals surface area contributed by atoms with Crippen LogP contribution in [0.1, 0.15) is 24.5 Å². The smallest absolute Gasteiger partial charge is 0.0931 e. The number of ether oxygens (including phenoxy) is 1. The molecule has 2 aliphatic rings. The summed E-state index contributed by atoms with van der Waals surface area (Å²) in [5, 5.41) is 11.0. The van der Waals surface area contributed by atoms with Crippen LogP contribution in [0.2, 0.25) is 5.02 Å². The number of hydrogen-bond donors (Lipinski definition) is 1. The van der Waals surface area contributed by atoms with E-state index in [1.54, 1.807) is 0 Å². The zero-order valence-electron chi connectivity index (χ0n) is 11.0. The maximum atomic E-state index is 10.3. The molecule has 1 N–H and O–H groups in total. The molecule has 2 fully saturated rings. The van der Waals surface area contributed by atoms with Gasteiger partial charge in [0.15, 0.2) is 0 Å². The third-order valence-electron chi connectivity index (χ3n) is 4.40. The quantitative estimate of drug-likeness (QED) is 0.924. The van der Waals surface area contributed by atoms with E-state index in [0.717, 1.165) is 38.3 Å². The summed E-state index contributed by atoms with van der Waals surface area (Å²) < 4.78 is 5.53. The first kappa shape index (κ1) is 13.4. The predicted molar refractivity (Wildman–Crippen MR) is 75.3 cm³/mol. The fourth-order valence-corrected chi connectivity index (χ4v) is 3.50. The van der Waals surface area contributed by atoms with Crippen LogP contribution in [0.4, 0.5) is 0 Å². The SMILES string of the molecule is OC(CN1CCC2(CCOC2)C1)c1ccccc1Cl. The second-order valence-electron chi connectivity index (χ2n) is 5.83. The van der Waals surface area contributed by atoms with E-state index in [4.69, 9.17) is 16.3 Å². The van der Waals surface area contributed by atoms with Crippen LogP contribution in [0.5, 0.6) is 0 Å². The van der Waals surface area contributed by atoms with Gasteiger partial charge in [-0.2, -0.15) is 0 Å². The molecule has 0 bridgehead atoms. The molecular weight excluding hydrogens is 262 g/mol. The molecule has 0 aromatic heterocycles. The maximum Gasteiger partial charge on any atom is 0.0931 e. The Morgan fingerprint density at radius 1 is 1.37 bits per heavy atom. The molecule has 4 heteroatoms. The average Bonchev–Trinajstić information content (AvgIpc) is 3.01. The van der Waals surface area contributed by atoms with E-state index in [9.17, 15) is 5.11 Å². The lowest BCUT2D eigenvalue weighted by molar-refractivity contribution is 0.112. The first-order valence-electron chi connectivity index (χ1n) is 6.91. The summed E-state index contributed by atoms with van der Waals surface area (Å²) in [6, 6.07) is 7.54. The summed E-state index contributed by atoms with van der Waals surface area (Å²) in [4.78, 5) is 2.34. The fraction of sp³-hybridized carbons (Fsp3) is 0.600. The Kier molecular flexibility index (Phi) is 3.81. The van der Waals surface area contributed by atoms with Crippen molar-refractivity contribution >= 4 is 11.6 Å². The number of halogens is 1. The molecule has 104 valence electrons. The van der Waals surface area contributed by atoms with Crippen molar-refractivity contribution < 1.29 is 9.84 Å². The normalized spacial score (nSPS) is 29.2. The van der Waals surface area contributed by atoms with Gasteiger partial charge in [0.25, 0.3) is 0 Å². The number of benzene rings is 1. The monoisotopic (exact) mass is 281 g/mol. The second-order valence-corrected chi connectivity index (χ2v) is 6.23. The Bertz CT molecular complexity index is 446. The molecule has 0 amide bonds. The minimum absolute atomic E-state index is 0.347. The molecular formula is C15H20ClNO2. The van der Waals surface area contributed by atoms with Crippen molar-refractivity contribution in [3.05, 3.63) is 34.9 Å². The zero-order chi connectivity index (χ0) is 13.3.